The molecule has 2 saturated carbocycles. The number of thioether (sulfide) groups is 1. The number of carboxylic acid groups (broad SMARTS) is 1. The standard InChI is InChI=1S/C24H19F4N3O5.C18H14F4O5.C17H20N4OS/c1-34-21-9-14(36-24(26,27)28)4-5-19(21)35-20-11-15(12-2-3-12)17(25)10-16(20)23(33)31-13-6-7-30-18(8-13)22(29)32;1-25-16-6-10(27-18(20,21)22)4-5-14(16)26-15-8-11(9-2-3-9)13(19)7-12(15)17(23)24;1-17(2,3)21-16(23-13-7-5-4-6-8-13)20-12-9-10-19-14(11-12)15(18)22/h4-12H,2-3H2,1H3,(H2,29,32)(H,30,31,33);4-9H,2-3H2,1H3,(H,23,24);4-11H,1-3H3,(H2,18,22)(H,19,20,21). The Labute approximate surface area is 489 Å². The van der Waals surface area contributed by atoms with E-state index in [0.29, 0.717) is 11.1 Å². The van der Waals surface area contributed by atoms with Crippen LogP contribution in [0.3, 0.4) is 0 Å². The number of hydrogen-bond donors (Lipinski definition) is 5. The van der Waals surface area contributed by atoms with E-state index in [9.17, 15) is 59.4 Å². The summed E-state index contributed by atoms with van der Waals surface area (Å²) in [4.78, 5) is 60.6. The van der Waals surface area contributed by atoms with E-state index in [1.807, 2.05) is 51.1 Å². The Morgan fingerprint density at radius 1 is 0.581 bits per heavy atom. The van der Waals surface area contributed by atoms with Gasteiger partial charge in [-0.3, -0.25) is 29.3 Å². The molecule has 27 heteroatoms. The molecule has 5 aromatic carbocycles. The average molecular weight is 1220 g/mol. The van der Waals surface area contributed by atoms with Crippen LogP contribution in [-0.4, -0.2) is 76.4 Å². The molecule has 2 aliphatic carbocycles. The lowest BCUT2D eigenvalue weighted by Gasteiger charge is -2.17. The second-order valence-corrected chi connectivity index (χ2v) is 20.8. The van der Waals surface area contributed by atoms with Crippen molar-refractivity contribution in [2.24, 2.45) is 16.5 Å². The second-order valence-electron chi connectivity index (χ2n) is 19.7. The molecule has 0 unspecified atom stereocenters. The number of nitrogens with one attached hydrogen (secondary N) is 2. The molecule has 452 valence electrons. The summed E-state index contributed by atoms with van der Waals surface area (Å²) < 4.78 is 133. The van der Waals surface area contributed by atoms with Crippen LogP contribution < -0.4 is 50.5 Å². The fourth-order valence-corrected chi connectivity index (χ4v) is 8.76. The average Bonchev–Trinajstić information content (AvgIpc) is 3.81. The number of aromatic carboxylic acids is 1. The number of amidine groups is 1. The van der Waals surface area contributed by atoms with Gasteiger partial charge in [-0.25, -0.2) is 13.6 Å². The maximum Gasteiger partial charge on any atom is 0.573 e. The molecule has 7 aromatic rings. The number of amides is 3. The molecule has 2 fully saturated rings. The molecule has 2 aliphatic rings. The van der Waals surface area contributed by atoms with E-state index in [2.05, 4.69) is 30.1 Å². The Morgan fingerprint density at radius 2 is 1.02 bits per heavy atom. The minimum Gasteiger partial charge on any atom is -0.493 e. The van der Waals surface area contributed by atoms with Gasteiger partial charge in [0.2, 0.25) is 0 Å². The number of rotatable bonds is 17. The molecule has 0 bridgehead atoms. The summed E-state index contributed by atoms with van der Waals surface area (Å²) in [7, 11) is 2.42. The highest BCUT2D eigenvalue weighted by Gasteiger charge is 2.34. The summed E-state index contributed by atoms with van der Waals surface area (Å²) in [5, 5.41) is 15.8. The Morgan fingerprint density at radius 3 is 1.43 bits per heavy atom. The Balaban J connectivity index is 0.000000190. The van der Waals surface area contributed by atoms with Gasteiger partial charge in [0.1, 0.15) is 51.6 Å². The summed E-state index contributed by atoms with van der Waals surface area (Å²) in [6, 6.07) is 26.8. The van der Waals surface area contributed by atoms with Crippen molar-refractivity contribution in [2.45, 2.75) is 81.4 Å². The van der Waals surface area contributed by atoms with Crippen LogP contribution in [0.5, 0.6) is 46.0 Å². The van der Waals surface area contributed by atoms with Crippen molar-refractivity contribution in [1.29, 1.82) is 0 Å². The van der Waals surface area contributed by atoms with Crippen LogP contribution in [0.25, 0.3) is 0 Å². The van der Waals surface area contributed by atoms with Gasteiger partial charge >= 0.3 is 18.7 Å². The number of nitrogens with two attached hydrogens (primary N) is 2. The number of benzene rings is 5. The zero-order valence-corrected chi connectivity index (χ0v) is 46.9. The van der Waals surface area contributed by atoms with Crippen LogP contribution in [0.1, 0.15) is 111 Å². The number of carboxylic acids is 1. The van der Waals surface area contributed by atoms with Crippen LogP contribution in [0.15, 0.2) is 138 Å². The molecule has 86 heavy (non-hydrogen) atoms. The molecule has 3 amide bonds. The zero-order chi connectivity index (χ0) is 62.7. The van der Waals surface area contributed by atoms with Crippen LogP contribution in [0, 0.1) is 11.6 Å². The van der Waals surface area contributed by atoms with Crippen molar-refractivity contribution in [2.75, 3.05) is 24.9 Å². The van der Waals surface area contributed by atoms with Gasteiger partial charge in [-0.2, -0.15) is 0 Å². The number of aromatic nitrogens is 2. The highest BCUT2D eigenvalue weighted by atomic mass is 32.2. The number of aliphatic imine (C=N–C) groups is 1. The molecule has 2 aromatic heterocycles. The van der Waals surface area contributed by atoms with Gasteiger partial charge in [-0.1, -0.05) is 30.0 Å². The summed E-state index contributed by atoms with van der Waals surface area (Å²) in [6.45, 7) is 6.09. The molecular formula is C59H53F8N7O11S. The molecular weight excluding hydrogens is 1170 g/mol. The van der Waals surface area contributed by atoms with Crippen molar-refractivity contribution in [3.05, 3.63) is 173 Å². The second kappa shape index (κ2) is 27.4. The first-order valence-corrected chi connectivity index (χ1v) is 26.4. The van der Waals surface area contributed by atoms with E-state index in [1.165, 1.54) is 62.5 Å². The number of primary amides is 2. The molecule has 2 heterocycles. The number of anilines is 2. The zero-order valence-electron chi connectivity index (χ0n) is 46.1. The molecule has 9 rings (SSSR count). The Hall–Kier alpha value is -9.66. The summed E-state index contributed by atoms with van der Waals surface area (Å²) >= 11 is 1.53. The first kappa shape index (κ1) is 63.9. The van der Waals surface area contributed by atoms with Crippen molar-refractivity contribution >= 4 is 52.0 Å². The third-order valence-electron chi connectivity index (χ3n) is 11.8. The highest BCUT2D eigenvalue weighted by Crippen LogP contribution is 2.47. The SMILES string of the molecule is CC(C)(C)N=C(Nc1ccnc(C(N)=O)c1)Sc1ccccc1.COc1cc(OC(F)(F)F)ccc1Oc1cc(C2CC2)c(F)cc1C(=O)Nc1ccnc(C(N)=O)c1.COc1cc(OC(F)(F)F)ccc1Oc1cc(C2CC2)c(F)cc1C(=O)O. The number of hydrogen-bond acceptors (Lipinski definition) is 14. The van der Waals surface area contributed by atoms with Gasteiger partial charge in [-0.05, 0) is 154 Å². The van der Waals surface area contributed by atoms with Crippen molar-refractivity contribution in [3.8, 4) is 46.0 Å². The molecule has 0 aliphatic heterocycles. The van der Waals surface area contributed by atoms with Crippen LogP contribution in [0.4, 0.5) is 46.5 Å². The van der Waals surface area contributed by atoms with Gasteiger partial charge in [0.05, 0.1) is 25.3 Å². The maximum absolute atomic E-state index is 14.8. The third kappa shape index (κ3) is 18.9. The fourth-order valence-electron chi connectivity index (χ4n) is 7.75. The van der Waals surface area contributed by atoms with E-state index >= 15 is 0 Å². The summed E-state index contributed by atoms with van der Waals surface area (Å²) in [5.74, 6) is -6.35. The summed E-state index contributed by atoms with van der Waals surface area (Å²) in [5.41, 5.74) is 11.3. The van der Waals surface area contributed by atoms with E-state index in [1.54, 1.807) is 18.3 Å². The van der Waals surface area contributed by atoms with E-state index in [4.69, 9.17) is 35.4 Å². The Kier molecular flexibility index (Phi) is 20.3. The molecule has 7 N–H and O–H groups in total. The smallest absolute Gasteiger partial charge is 0.493 e. The molecule has 0 atom stereocenters. The molecule has 0 saturated heterocycles. The predicted molar refractivity (Wildman–Crippen MR) is 300 cm³/mol. The van der Waals surface area contributed by atoms with Crippen molar-refractivity contribution < 1.29 is 87.8 Å². The summed E-state index contributed by atoms with van der Waals surface area (Å²) in [6.07, 6.45) is -3.87. The molecule has 18 nitrogen and oxygen atoms in total. The highest BCUT2D eigenvalue weighted by molar-refractivity contribution is 8.14. The molecule has 0 spiro atoms. The van der Waals surface area contributed by atoms with Gasteiger partial charge in [0.25, 0.3) is 17.7 Å². The molecule has 0 radical (unpaired) electrons. The largest absolute Gasteiger partial charge is 0.573 e. The first-order chi connectivity index (χ1) is 40.5. The van der Waals surface area contributed by atoms with Crippen molar-refractivity contribution in [3.63, 3.8) is 0 Å². The Bertz CT molecular complexity index is 3650. The van der Waals surface area contributed by atoms with Crippen LogP contribution in [-0.2, 0) is 0 Å². The number of methoxy groups -OCH3 is 2. The minimum absolute atomic E-state index is 0.000322. The van der Waals surface area contributed by atoms with Gasteiger partial charge in [0, 0.05) is 40.8 Å². The lowest BCUT2D eigenvalue weighted by Crippen LogP contribution is -2.18. The quantitative estimate of drug-likeness (QED) is 0.0246. The number of nitrogens with zero attached hydrogens (tertiary/aromatic N) is 3. The maximum atomic E-state index is 14.8. The number of halogens is 8. The van der Waals surface area contributed by atoms with Gasteiger partial charge < -0.3 is 55.6 Å². The third-order valence-corrected chi connectivity index (χ3v) is 12.7. The topological polar surface area (TPSA) is 258 Å². The van der Waals surface area contributed by atoms with E-state index in [-0.39, 0.29) is 74.5 Å². The van der Waals surface area contributed by atoms with Crippen LogP contribution >= 0.6 is 11.8 Å². The minimum atomic E-state index is -4.91. The number of alkyl halides is 6. The van der Waals surface area contributed by atoms with Crippen LogP contribution in [0.2, 0.25) is 0 Å². The monoisotopic (exact) mass is 1220 g/mol. The number of ether oxygens (including phenoxy) is 6. The normalized spacial score (nSPS) is 13.1. The first-order valence-electron chi connectivity index (χ1n) is 25.6. The predicted octanol–water partition coefficient (Wildman–Crippen LogP) is 13.8. The number of pyridine rings is 2. The lowest BCUT2D eigenvalue weighted by atomic mass is 10.0. The van der Waals surface area contributed by atoms with E-state index < -0.39 is 65.1 Å². The number of carbonyl (C=O) groups excluding carboxylic acids is 3. The van der Waals surface area contributed by atoms with Crippen molar-refractivity contribution in [1.82, 2.24) is 9.97 Å². The lowest BCUT2D eigenvalue weighted by molar-refractivity contribution is -0.275. The van der Waals surface area contributed by atoms with Gasteiger partial charge in [0.15, 0.2) is 28.2 Å². The van der Waals surface area contributed by atoms with Gasteiger partial charge in [-0.15, -0.1) is 26.3 Å². The van der Waals surface area contributed by atoms with E-state index in [0.717, 1.165) is 83.9 Å². The number of carbonyl (C=O) groups is 4. The fraction of sp³-hybridized carbons (Fsp3) is 0.237.